The minimum atomic E-state index is 0.784. The molecule has 3 nitrogen and oxygen atoms in total. The first-order chi connectivity index (χ1) is 11.8. The third kappa shape index (κ3) is 3.05. The largest absolute Gasteiger partial charge is 0.497 e. The summed E-state index contributed by atoms with van der Waals surface area (Å²) in [5, 5.41) is 7.00. The highest BCUT2D eigenvalue weighted by atomic mass is 32.2. The van der Waals surface area contributed by atoms with Gasteiger partial charge in [0.25, 0.3) is 0 Å². The summed E-state index contributed by atoms with van der Waals surface area (Å²) in [7, 11) is 1.68. The summed E-state index contributed by atoms with van der Waals surface area (Å²) >= 11 is 1.81. The molecule has 0 atom stereocenters. The SMILES string of the molecule is COc1ccc(CNc2ccc3c(c2)Nc2ccccc2S3)cc1. The molecule has 0 amide bonds. The Morgan fingerprint density at radius 3 is 2.54 bits per heavy atom. The van der Waals surface area contributed by atoms with Crippen LogP contribution in [0.25, 0.3) is 0 Å². The second kappa shape index (κ2) is 6.49. The van der Waals surface area contributed by atoms with Crippen LogP contribution in [0.5, 0.6) is 5.75 Å². The van der Waals surface area contributed by atoms with Crippen molar-refractivity contribution in [3.63, 3.8) is 0 Å². The van der Waals surface area contributed by atoms with Crippen molar-refractivity contribution in [1.29, 1.82) is 0 Å². The molecule has 0 unspecified atom stereocenters. The summed E-state index contributed by atoms with van der Waals surface area (Å²) < 4.78 is 5.19. The van der Waals surface area contributed by atoms with E-state index in [0.717, 1.165) is 23.7 Å². The van der Waals surface area contributed by atoms with E-state index in [1.807, 2.05) is 12.1 Å². The fourth-order valence-corrected chi connectivity index (χ4v) is 3.67. The van der Waals surface area contributed by atoms with Crippen molar-refractivity contribution in [3.8, 4) is 5.75 Å². The molecule has 0 aliphatic carbocycles. The molecule has 0 fully saturated rings. The van der Waals surface area contributed by atoms with Crippen LogP contribution in [0.3, 0.4) is 0 Å². The smallest absolute Gasteiger partial charge is 0.118 e. The Labute approximate surface area is 146 Å². The van der Waals surface area contributed by atoms with Crippen LogP contribution < -0.4 is 15.4 Å². The van der Waals surface area contributed by atoms with Crippen LogP contribution in [-0.4, -0.2) is 7.11 Å². The molecule has 24 heavy (non-hydrogen) atoms. The van der Waals surface area contributed by atoms with Crippen molar-refractivity contribution in [3.05, 3.63) is 72.3 Å². The second-order valence-corrected chi connectivity index (χ2v) is 6.72. The van der Waals surface area contributed by atoms with Gasteiger partial charge in [-0.3, -0.25) is 0 Å². The van der Waals surface area contributed by atoms with Gasteiger partial charge in [0.05, 0.1) is 18.5 Å². The van der Waals surface area contributed by atoms with Gasteiger partial charge in [-0.2, -0.15) is 0 Å². The number of rotatable bonds is 4. The molecule has 0 radical (unpaired) electrons. The third-order valence-corrected chi connectivity index (χ3v) is 5.16. The molecule has 120 valence electrons. The lowest BCUT2D eigenvalue weighted by Crippen LogP contribution is -2.03. The summed E-state index contributed by atoms with van der Waals surface area (Å²) in [6, 6.07) is 23.0. The number of hydrogen-bond donors (Lipinski definition) is 2. The van der Waals surface area contributed by atoms with Gasteiger partial charge >= 0.3 is 0 Å². The number of methoxy groups -OCH3 is 1. The number of anilines is 3. The zero-order valence-corrected chi connectivity index (χ0v) is 14.2. The minimum Gasteiger partial charge on any atom is -0.497 e. The van der Waals surface area contributed by atoms with Gasteiger partial charge in [-0.15, -0.1) is 0 Å². The summed E-state index contributed by atoms with van der Waals surface area (Å²) in [4.78, 5) is 2.52. The second-order valence-electron chi connectivity index (χ2n) is 5.64. The van der Waals surface area contributed by atoms with Gasteiger partial charge in [-0.1, -0.05) is 36.0 Å². The molecule has 1 heterocycles. The van der Waals surface area contributed by atoms with Crippen LogP contribution in [-0.2, 0) is 6.54 Å². The molecule has 0 aromatic heterocycles. The highest BCUT2D eigenvalue weighted by Gasteiger charge is 2.15. The Morgan fingerprint density at radius 1 is 0.917 bits per heavy atom. The highest BCUT2D eigenvalue weighted by Crippen LogP contribution is 2.44. The lowest BCUT2D eigenvalue weighted by atomic mass is 10.2. The molecule has 3 aromatic carbocycles. The van der Waals surface area contributed by atoms with Gasteiger partial charge in [0.2, 0.25) is 0 Å². The Bertz CT molecular complexity index is 862. The topological polar surface area (TPSA) is 33.3 Å². The summed E-state index contributed by atoms with van der Waals surface area (Å²) in [5.74, 6) is 0.882. The molecule has 4 heteroatoms. The highest BCUT2D eigenvalue weighted by molar-refractivity contribution is 7.99. The Kier molecular flexibility index (Phi) is 4.05. The third-order valence-electron chi connectivity index (χ3n) is 4.01. The average Bonchev–Trinajstić information content (AvgIpc) is 2.65. The molecular formula is C20H18N2OS. The average molecular weight is 334 g/mol. The normalized spacial score (nSPS) is 11.9. The number of hydrogen-bond acceptors (Lipinski definition) is 4. The van der Waals surface area contributed by atoms with Crippen LogP contribution in [0.2, 0.25) is 0 Å². The summed E-state index contributed by atoms with van der Waals surface area (Å²) in [6.07, 6.45) is 0. The van der Waals surface area contributed by atoms with E-state index in [-0.39, 0.29) is 0 Å². The van der Waals surface area contributed by atoms with E-state index >= 15 is 0 Å². The molecule has 2 N–H and O–H groups in total. The van der Waals surface area contributed by atoms with Crippen LogP contribution in [0.4, 0.5) is 17.1 Å². The summed E-state index contributed by atoms with van der Waals surface area (Å²) in [6.45, 7) is 0.784. The van der Waals surface area contributed by atoms with Crippen LogP contribution in [0.1, 0.15) is 5.56 Å². The molecule has 0 saturated heterocycles. The first-order valence-electron chi connectivity index (χ1n) is 7.86. The van der Waals surface area contributed by atoms with Crippen molar-refractivity contribution in [2.24, 2.45) is 0 Å². The Morgan fingerprint density at radius 2 is 1.71 bits per heavy atom. The van der Waals surface area contributed by atoms with Crippen molar-refractivity contribution in [1.82, 2.24) is 0 Å². The lowest BCUT2D eigenvalue weighted by molar-refractivity contribution is 0.414. The lowest BCUT2D eigenvalue weighted by Gasteiger charge is -2.21. The van der Waals surface area contributed by atoms with E-state index in [2.05, 4.69) is 65.2 Å². The zero-order chi connectivity index (χ0) is 16.4. The molecular weight excluding hydrogens is 316 g/mol. The van der Waals surface area contributed by atoms with Crippen molar-refractivity contribution >= 4 is 28.8 Å². The quantitative estimate of drug-likeness (QED) is 0.515. The molecule has 4 rings (SSSR count). The Hall–Kier alpha value is -2.59. The number of nitrogens with one attached hydrogen (secondary N) is 2. The maximum atomic E-state index is 5.19. The van der Waals surface area contributed by atoms with E-state index in [1.54, 1.807) is 18.9 Å². The van der Waals surface area contributed by atoms with E-state index in [9.17, 15) is 0 Å². The van der Waals surface area contributed by atoms with Gasteiger partial charge in [-0.25, -0.2) is 0 Å². The maximum Gasteiger partial charge on any atom is 0.118 e. The van der Waals surface area contributed by atoms with Gasteiger partial charge in [-0.05, 0) is 48.0 Å². The monoisotopic (exact) mass is 334 g/mol. The maximum absolute atomic E-state index is 5.19. The number of benzene rings is 3. The number of para-hydroxylation sites is 1. The van der Waals surface area contributed by atoms with Crippen molar-refractivity contribution < 1.29 is 4.74 Å². The minimum absolute atomic E-state index is 0.784. The van der Waals surface area contributed by atoms with Crippen LogP contribution in [0.15, 0.2) is 76.5 Å². The van der Waals surface area contributed by atoms with Crippen molar-refractivity contribution in [2.75, 3.05) is 17.7 Å². The first kappa shape index (κ1) is 15.0. The molecule has 0 bridgehead atoms. The van der Waals surface area contributed by atoms with E-state index < -0.39 is 0 Å². The number of fused-ring (bicyclic) bond motifs is 2. The molecule has 0 spiro atoms. The van der Waals surface area contributed by atoms with Crippen molar-refractivity contribution in [2.45, 2.75) is 16.3 Å². The predicted octanol–water partition coefficient (Wildman–Crippen LogP) is 5.52. The fraction of sp³-hybridized carbons (Fsp3) is 0.100. The van der Waals surface area contributed by atoms with Crippen LogP contribution in [0, 0.1) is 0 Å². The fourth-order valence-electron chi connectivity index (χ4n) is 2.70. The van der Waals surface area contributed by atoms with Gasteiger partial charge in [0, 0.05) is 22.0 Å². The van der Waals surface area contributed by atoms with Crippen LogP contribution >= 0.6 is 11.8 Å². The standard InChI is InChI=1S/C20H18N2OS/c1-23-16-9-6-14(7-10-16)13-21-15-8-11-20-18(12-15)22-17-4-2-3-5-19(17)24-20/h2-12,21-22H,13H2,1H3. The predicted molar refractivity (Wildman–Crippen MR) is 101 cm³/mol. The molecule has 1 aliphatic heterocycles. The molecule has 0 saturated carbocycles. The van der Waals surface area contributed by atoms with Gasteiger partial charge in [0.15, 0.2) is 0 Å². The van der Waals surface area contributed by atoms with Gasteiger partial charge < -0.3 is 15.4 Å². The summed E-state index contributed by atoms with van der Waals surface area (Å²) in [5.41, 5.74) is 4.65. The first-order valence-corrected chi connectivity index (χ1v) is 8.68. The van der Waals surface area contributed by atoms with E-state index in [0.29, 0.717) is 0 Å². The number of ether oxygens (including phenoxy) is 1. The molecule has 1 aliphatic rings. The van der Waals surface area contributed by atoms with E-state index in [1.165, 1.54) is 21.0 Å². The Balaban J connectivity index is 1.48. The van der Waals surface area contributed by atoms with Gasteiger partial charge in [0.1, 0.15) is 5.75 Å². The van der Waals surface area contributed by atoms with E-state index in [4.69, 9.17) is 4.74 Å². The zero-order valence-electron chi connectivity index (χ0n) is 13.4. The molecule has 3 aromatic rings.